The summed E-state index contributed by atoms with van der Waals surface area (Å²) in [7, 11) is 1.60. The van der Waals surface area contributed by atoms with E-state index in [0.29, 0.717) is 11.7 Å². The number of ether oxygens (including phenoxy) is 1. The van der Waals surface area contributed by atoms with Gasteiger partial charge in [0.05, 0.1) is 19.5 Å². The van der Waals surface area contributed by atoms with Crippen LogP contribution >= 0.6 is 0 Å². The van der Waals surface area contributed by atoms with Crippen LogP contribution in [-0.2, 0) is 0 Å². The Balaban J connectivity index is 2.36. The number of anilines is 1. The molecule has 4 heteroatoms. The Kier molecular flexibility index (Phi) is 4.47. The fourth-order valence-electron chi connectivity index (χ4n) is 0.947. The molecule has 1 rings (SSSR count). The summed E-state index contributed by atoms with van der Waals surface area (Å²) in [6, 6.07) is 0. The number of hydrogen-bond acceptors (Lipinski definition) is 4. The maximum atomic E-state index is 4.95. The molecule has 1 aromatic heterocycles. The first kappa shape index (κ1) is 10.5. The van der Waals surface area contributed by atoms with Crippen LogP contribution in [0.2, 0.25) is 0 Å². The van der Waals surface area contributed by atoms with Crippen LogP contribution in [0.3, 0.4) is 0 Å². The van der Waals surface area contributed by atoms with Gasteiger partial charge in [0.2, 0.25) is 5.95 Å². The summed E-state index contributed by atoms with van der Waals surface area (Å²) in [5, 5.41) is 3.10. The van der Waals surface area contributed by atoms with Crippen molar-refractivity contribution in [2.45, 2.75) is 13.3 Å². The third kappa shape index (κ3) is 3.43. The number of allylic oxidation sites excluding steroid dienone is 1. The van der Waals surface area contributed by atoms with E-state index >= 15 is 0 Å². The Labute approximate surface area is 84.0 Å². The molecule has 1 aromatic rings. The predicted octanol–water partition coefficient (Wildman–Crippen LogP) is 1.86. The molecule has 1 N–H and O–H groups in total. The van der Waals surface area contributed by atoms with Gasteiger partial charge in [-0.05, 0) is 13.3 Å². The Bertz CT molecular complexity index is 282. The van der Waals surface area contributed by atoms with E-state index in [1.807, 2.05) is 13.0 Å². The van der Waals surface area contributed by atoms with Crippen molar-refractivity contribution < 1.29 is 4.74 Å². The van der Waals surface area contributed by atoms with Gasteiger partial charge >= 0.3 is 0 Å². The molecule has 0 radical (unpaired) electrons. The van der Waals surface area contributed by atoms with Gasteiger partial charge in [0.15, 0.2) is 5.75 Å². The Morgan fingerprint density at radius 2 is 2.14 bits per heavy atom. The fraction of sp³-hybridized carbons (Fsp3) is 0.400. The molecular formula is C10H15N3O. The Morgan fingerprint density at radius 1 is 1.43 bits per heavy atom. The lowest BCUT2D eigenvalue weighted by molar-refractivity contribution is 0.411. The van der Waals surface area contributed by atoms with E-state index in [2.05, 4.69) is 21.4 Å². The van der Waals surface area contributed by atoms with Gasteiger partial charge in [-0.25, -0.2) is 9.97 Å². The summed E-state index contributed by atoms with van der Waals surface area (Å²) in [5.74, 6) is 1.30. The van der Waals surface area contributed by atoms with Crippen molar-refractivity contribution >= 4 is 5.95 Å². The minimum atomic E-state index is 0.635. The third-order valence-electron chi connectivity index (χ3n) is 1.69. The zero-order valence-corrected chi connectivity index (χ0v) is 8.53. The van der Waals surface area contributed by atoms with Gasteiger partial charge in [0.1, 0.15) is 0 Å². The van der Waals surface area contributed by atoms with Crippen molar-refractivity contribution in [2.24, 2.45) is 0 Å². The van der Waals surface area contributed by atoms with Gasteiger partial charge in [-0.2, -0.15) is 0 Å². The van der Waals surface area contributed by atoms with Gasteiger partial charge in [-0.15, -0.1) is 0 Å². The van der Waals surface area contributed by atoms with Crippen LogP contribution in [0.4, 0.5) is 5.95 Å². The van der Waals surface area contributed by atoms with E-state index in [9.17, 15) is 0 Å². The average Bonchev–Trinajstić information content (AvgIpc) is 2.25. The monoisotopic (exact) mass is 193 g/mol. The average molecular weight is 193 g/mol. The number of nitrogens with one attached hydrogen (secondary N) is 1. The summed E-state index contributed by atoms with van der Waals surface area (Å²) < 4.78 is 4.95. The van der Waals surface area contributed by atoms with Gasteiger partial charge < -0.3 is 10.1 Å². The van der Waals surface area contributed by atoms with E-state index in [1.54, 1.807) is 19.5 Å². The minimum Gasteiger partial charge on any atom is -0.494 e. The summed E-state index contributed by atoms with van der Waals surface area (Å²) >= 11 is 0. The summed E-state index contributed by atoms with van der Waals surface area (Å²) in [6.45, 7) is 2.85. The van der Waals surface area contributed by atoms with Gasteiger partial charge in [0, 0.05) is 6.54 Å². The molecule has 76 valence electrons. The number of aromatic nitrogens is 2. The number of hydrogen-bond donors (Lipinski definition) is 1. The van der Waals surface area contributed by atoms with Crippen molar-refractivity contribution in [2.75, 3.05) is 19.0 Å². The van der Waals surface area contributed by atoms with Crippen molar-refractivity contribution in [1.82, 2.24) is 9.97 Å². The highest BCUT2D eigenvalue weighted by atomic mass is 16.5. The molecule has 0 aromatic carbocycles. The fourth-order valence-corrected chi connectivity index (χ4v) is 0.947. The Morgan fingerprint density at radius 3 is 2.71 bits per heavy atom. The third-order valence-corrected chi connectivity index (χ3v) is 1.69. The molecule has 0 atom stereocenters. The second-order valence-electron chi connectivity index (χ2n) is 2.73. The maximum Gasteiger partial charge on any atom is 0.222 e. The minimum absolute atomic E-state index is 0.635. The van der Waals surface area contributed by atoms with Crippen LogP contribution in [0.15, 0.2) is 24.5 Å². The molecule has 0 fully saturated rings. The van der Waals surface area contributed by atoms with Crippen LogP contribution in [0.1, 0.15) is 13.3 Å². The van der Waals surface area contributed by atoms with E-state index in [-0.39, 0.29) is 0 Å². The van der Waals surface area contributed by atoms with Crippen LogP contribution in [0, 0.1) is 0 Å². The van der Waals surface area contributed by atoms with Crippen LogP contribution in [-0.4, -0.2) is 23.6 Å². The van der Waals surface area contributed by atoms with E-state index in [4.69, 9.17) is 4.74 Å². The molecule has 4 nitrogen and oxygen atoms in total. The Hall–Kier alpha value is -1.58. The number of rotatable bonds is 5. The zero-order valence-electron chi connectivity index (χ0n) is 8.53. The van der Waals surface area contributed by atoms with E-state index in [1.165, 1.54) is 0 Å². The number of methoxy groups -OCH3 is 1. The first-order valence-corrected chi connectivity index (χ1v) is 4.58. The molecule has 1 heterocycles. The normalized spacial score (nSPS) is 10.4. The zero-order chi connectivity index (χ0) is 10.2. The highest BCUT2D eigenvalue weighted by molar-refractivity contribution is 5.26. The molecular weight excluding hydrogens is 178 g/mol. The lowest BCUT2D eigenvalue weighted by atomic mass is 10.4. The van der Waals surface area contributed by atoms with Crippen molar-refractivity contribution in [3.63, 3.8) is 0 Å². The van der Waals surface area contributed by atoms with Crippen molar-refractivity contribution in [3.05, 3.63) is 24.5 Å². The molecule has 14 heavy (non-hydrogen) atoms. The topological polar surface area (TPSA) is 47.0 Å². The molecule has 0 saturated heterocycles. The highest BCUT2D eigenvalue weighted by Gasteiger charge is 1.94. The SMILES string of the molecule is C/C=C/CCNc1ncc(OC)cn1. The van der Waals surface area contributed by atoms with Crippen LogP contribution < -0.4 is 10.1 Å². The first-order valence-electron chi connectivity index (χ1n) is 4.58. The van der Waals surface area contributed by atoms with Crippen LogP contribution in [0.5, 0.6) is 5.75 Å². The maximum absolute atomic E-state index is 4.95. The molecule has 0 aliphatic rings. The first-order chi connectivity index (χ1) is 6.86. The van der Waals surface area contributed by atoms with Crippen LogP contribution in [0.25, 0.3) is 0 Å². The van der Waals surface area contributed by atoms with Gasteiger partial charge in [0.25, 0.3) is 0 Å². The lowest BCUT2D eigenvalue weighted by Gasteiger charge is -2.02. The molecule has 0 aliphatic carbocycles. The standard InChI is InChI=1S/C10H15N3O/c1-3-4-5-6-11-10-12-7-9(14-2)8-13-10/h3-4,7-8H,5-6H2,1-2H3,(H,11,12,13)/b4-3+. The van der Waals surface area contributed by atoms with Gasteiger partial charge in [-0.3, -0.25) is 0 Å². The summed E-state index contributed by atoms with van der Waals surface area (Å²) in [6.07, 6.45) is 8.38. The molecule has 0 unspecified atom stereocenters. The van der Waals surface area contributed by atoms with Gasteiger partial charge in [-0.1, -0.05) is 12.2 Å². The molecule has 0 saturated carbocycles. The quantitative estimate of drug-likeness (QED) is 0.572. The predicted molar refractivity (Wildman–Crippen MR) is 56.5 cm³/mol. The van der Waals surface area contributed by atoms with E-state index < -0.39 is 0 Å². The second kappa shape index (κ2) is 5.96. The van der Waals surface area contributed by atoms with Crippen molar-refractivity contribution in [1.29, 1.82) is 0 Å². The highest BCUT2D eigenvalue weighted by Crippen LogP contribution is 2.06. The van der Waals surface area contributed by atoms with E-state index in [0.717, 1.165) is 13.0 Å². The second-order valence-corrected chi connectivity index (χ2v) is 2.73. The largest absolute Gasteiger partial charge is 0.494 e. The number of nitrogens with zero attached hydrogens (tertiary/aromatic N) is 2. The lowest BCUT2D eigenvalue weighted by Crippen LogP contribution is -2.04. The van der Waals surface area contributed by atoms with Crippen molar-refractivity contribution in [3.8, 4) is 5.75 Å². The molecule has 0 spiro atoms. The molecule has 0 bridgehead atoms. The summed E-state index contributed by atoms with van der Waals surface area (Å²) in [5.41, 5.74) is 0. The summed E-state index contributed by atoms with van der Waals surface area (Å²) in [4.78, 5) is 8.15. The molecule has 0 amide bonds. The molecule has 0 aliphatic heterocycles. The smallest absolute Gasteiger partial charge is 0.222 e.